The Labute approximate surface area is 220 Å². The van der Waals surface area contributed by atoms with E-state index < -0.39 is 5.79 Å². The van der Waals surface area contributed by atoms with Crippen LogP contribution in [0.5, 0.6) is 11.5 Å². The first-order valence-electron chi connectivity index (χ1n) is 13.1. The van der Waals surface area contributed by atoms with Gasteiger partial charge in [0.15, 0.2) is 5.79 Å². The van der Waals surface area contributed by atoms with Crippen LogP contribution in [-0.4, -0.2) is 62.8 Å². The molecule has 0 radical (unpaired) electrons. The lowest BCUT2D eigenvalue weighted by molar-refractivity contribution is -0.141. The molecule has 3 aliphatic heterocycles. The molecule has 0 amide bonds. The summed E-state index contributed by atoms with van der Waals surface area (Å²) in [5, 5.41) is 0.656. The molecule has 3 heterocycles. The van der Waals surface area contributed by atoms with Gasteiger partial charge < -0.3 is 23.8 Å². The predicted molar refractivity (Wildman–Crippen MR) is 144 cm³/mol. The third-order valence-electron chi connectivity index (χ3n) is 8.07. The molecule has 6 nitrogen and oxygen atoms in total. The summed E-state index contributed by atoms with van der Waals surface area (Å²) in [5.74, 6) is 1.16. The zero-order chi connectivity index (χ0) is 25.4. The van der Waals surface area contributed by atoms with Crippen molar-refractivity contribution in [3.8, 4) is 11.5 Å². The van der Waals surface area contributed by atoms with E-state index in [1.54, 1.807) is 7.11 Å². The fourth-order valence-electron chi connectivity index (χ4n) is 6.03. The van der Waals surface area contributed by atoms with E-state index in [1.165, 1.54) is 41.6 Å². The molecule has 0 bridgehead atoms. The number of piperidine rings is 1. The number of hydrogen-bond donors (Lipinski definition) is 0. The molecule has 3 saturated heterocycles. The third kappa shape index (κ3) is 5.19. The number of nitrogens with zero attached hydrogens (tertiary/aromatic N) is 2. The van der Waals surface area contributed by atoms with Crippen LogP contribution in [0.3, 0.4) is 0 Å². The molecule has 0 spiro atoms. The number of methoxy groups -OCH3 is 1. The van der Waals surface area contributed by atoms with Crippen molar-refractivity contribution in [2.24, 2.45) is 0 Å². The average molecular weight is 515 g/mol. The van der Waals surface area contributed by atoms with Gasteiger partial charge in [0.2, 0.25) is 0 Å². The number of fused-ring (bicyclic) bond motifs is 1. The van der Waals surface area contributed by atoms with Crippen LogP contribution in [0, 0.1) is 13.8 Å². The van der Waals surface area contributed by atoms with E-state index in [2.05, 4.69) is 47.9 Å². The second kappa shape index (κ2) is 10.4. The molecule has 36 heavy (non-hydrogen) atoms. The van der Waals surface area contributed by atoms with Crippen LogP contribution < -0.4 is 14.4 Å². The molecular weight excluding hydrogens is 476 g/mol. The van der Waals surface area contributed by atoms with E-state index in [0.29, 0.717) is 30.3 Å². The van der Waals surface area contributed by atoms with Crippen LogP contribution in [0.4, 0.5) is 5.69 Å². The van der Waals surface area contributed by atoms with E-state index in [4.69, 9.17) is 30.5 Å². The van der Waals surface area contributed by atoms with Crippen LogP contribution in [0.25, 0.3) is 0 Å². The monoisotopic (exact) mass is 514 g/mol. The topological polar surface area (TPSA) is 43.4 Å². The number of ether oxygens (including phenoxy) is 4. The molecular formula is C29H39ClN2O4. The zero-order valence-corrected chi connectivity index (χ0v) is 22.9. The number of anilines is 1. The first-order valence-corrected chi connectivity index (χ1v) is 13.5. The summed E-state index contributed by atoms with van der Waals surface area (Å²) in [4.78, 5) is 5.22. The highest BCUT2D eigenvalue weighted by atomic mass is 35.5. The SMILES string of the molecule is COc1cc(N2CCN3[C@@H](CCC[C@@H]3c3ccc(OCC4COC(C)(C)O4)c(C)c3C)C2)ccc1Cl. The Morgan fingerprint density at radius 2 is 1.89 bits per heavy atom. The van der Waals surface area contributed by atoms with E-state index in [9.17, 15) is 0 Å². The number of piperazine rings is 1. The smallest absolute Gasteiger partial charge is 0.163 e. The Kier molecular flexibility index (Phi) is 7.42. The molecule has 2 aromatic carbocycles. The lowest BCUT2D eigenvalue weighted by Crippen LogP contribution is -2.56. The van der Waals surface area contributed by atoms with E-state index in [0.717, 1.165) is 31.1 Å². The molecule has 1 unspecified atom stereocenters. The van der Waals surface area contributed by atoms with Crippen LogP contribution in [0.2, 0.25) is 5.02 Å². The lowest BCUT2D eigenvalue weighted by atomic mass is 9.86. The van der Waals surface area contributed by atoms with Gasteiger partial charge in [0.05, 0.1) is 18.7 Å². The minimum Gasteiger partial charge on any atom is -0.495 e. The van der Waals surface area contributed by atoms with Gasteiger partial charge >= 0.3 is 0 Å². The maximum absolute atomic E-state index is 6.26. The fourth-order valence-corrected chi connectivity index (χ4v) is 6.22. The minimum atomic E-state index is -0.524. The summed E-state index contributed by atoms with van der Waals surface area (Å²) in [6, 6.07) is 11.5. The molecule has 0 aromatic heterocycles. The highest BCUT2D eigenvalue weighted by molar-refractivity contribution is 6.32. The van der Waals surface area contributed by atoms with Crippen LogP contribution in [0.15, 0.2) is 30.3 Å². The van der Waals surface area contributed by atoms with Gasteiger partial charge in [0, 0.05) is 43.5 Å². The molecule has 196 valence electrons. The zero-order valence-electron chi connectivity index (χ0n) is 22.2. The van der Waals surface area contributed by atoms with Gasteiger partial charge in [-0.3, -0.25) is 4.90 Å². The quantitative estimate of drug-likeness (QED) is 0.477. The van der Waals surface area contributed by atoms with Gasteiger partial charge in [-0.1, -0.05) is 17.7 Å². The van der Waals surface area contributed by atoms with Gasteiger partial charge in [-0.2, -0.15) is 0 Å². The van der Waals surface area contributed by atoms with Crippen molar-refractivity contribution < 1.29 is 18.9 Å². The Hall–Kier alpha value is -1.99. The summed E-state index contributed by atoms with van der Waals surface area (Å²) < 4.78 is 23.2. The van der Waals surface area contributed by atoms with E-state index in [-0.39, 0.29) is 6.10 Å². The predicted octanol–water partition coefficient (Wildman–Crippen LogP) is 5.91. The Morgan fingerprint density at radius 3 is 2.64 bits per heavy atom. The Morgan fingerprint density at radius 1 is 1.06 bits per heavy atom. The molecule has 2 aromatic rings. The molecule has 5 rings (SSSR count). The number of rotatable bonds is 6. The normalized spacial score (nSPS) is 26.1. The average Bonchev–Trinajstić information content (AvgIpc) is 3.23. The minimum absolute atomic E-state index is 0.0320. The third-order valence-corrected chi connectivity index (χ3v) is 8.39. The molecule has 3 aliphatic rings. The molecule has 0 N–H and O–H groups in total. The molecule has 0 aliphatic carbocycles. The summed E-state index contributed by atoms with van der Waals surface area (Å²) in [7, 11) is 1.67. The standard InChI is InChI=1S/C29H39ClN2O4/c1-19-20(2)27(34-17-23-18-35-29(3,4)36-23)12-10-24(19)26-8-6-7-22-16-31(13-14-32(22)26)21-9-11-25(30)28(15-21)33-5/h9-12,15,22-23,26H,6-8,13-14,16-18H2,1-5H3/t22-,23?,26+/m0/s1. The highest BCUT2D eigenvalue weighted by Crippen LogP contribution is 2.40. The van der Waals surface area contributed by atoms with Gasteiger partial charge in [0.1, 0.15) is 24.2 Å². The van der Waals surface area contributed by atoms with Crippen molar-refractivity contribution in [3.05, 3.63) is 52.0 Å². The fraction of sp³-hybridized carbons (Fsp3) is 0.586. The summed E-state index contributed by atoms with van der Waals surface area (Å²) in [6.07, 6.45) is 3.65. The Bertz CT molecular complexity index is 1090. The van der Waals surface area contributed by atoms with Gasteiger partial charge in [-0.15, -0.1) is 0 Å². The summed E-state index contributed by atoms with van der Waals surface area (Å²) in [6.45, 7) is 12.5. The van der Waals surface area contributed by atoms with E-state index in [1.807, 2.05) is 19.9 Å². The van der Waals surface area contributed by atoms with Crippen LogP contribution in [0.1, 0.15) is 55.8 Å². The molecule has 3 fully saturated rings. The van der Waals surface area contributed by atoms with Crippen molar-refractivity contribution >= 4 is 17.3 Å². The van der Waals surface area contributed by atoms with E-state index >= 15 is 0 Å². The summed E-state index contributed by atoms with van der Waals surface area (Å²) >= 11 is 6.26. The maximum Gasteiger partial charge on any atom is 0.163 e. The van der Waals surface area contributed by atoms with Crippen molar-refractivity contribution in [1.82, 2.24) is 4.90 Å². The van der Waals surface area contributed by atoms with Crippen LogP contribution in [-0.2, 0) is 9.47 Å². The molecule has 7 heteroatoms. The number of benzene rings is 2. The second-order valence-electron chi connectivity index (χ2n) is 10.8. The largest absolute Gasteiger partial charge is 0.495 e. The van der Waals surface area contributed by atoms with Crippen molar-refractivity contribution in [1.29, 1.82) is 0 Å². The first-order chi connectivity index (χ1) is 17.3. The van der Waals surface area contributed by atoms with Gasteiger partial charge in [0.25, 0.3) is 0 Å². The number of hydrogen-bond acceptors (Lipinski definition) is 6. The lowest BCUT2D eigenvalue weighted by Gasteiger charge is -2.49. The van der Waals surface area contributed by atoms with Gasteiger partial charge in [-0.05, 0) is 81.8 Å². The van der Waals surface area contributed by atoms with Crippen molar-refractivity contribution in [2.45, 2.75) is 70.9 Å². The summed E-state index contributed by atoms with van der Waals surface area (Å²) in [5.41, 5.74) is 5.19. The maximum atomic E-state index is 6.26. The first kappa shape index (κ1) is 25.7. The second-order valence-corrected chi connectivity index (χ2v) is 11.2. The highest BCUT2D eigenvalue weighted by Gasteiger charge is 2.37. The number of halogens is 1. The molecule has 3 atom stereocenters. The van der Waals surface area contributed by atoms with Crippen molar-refractivity contribution in [2.75, 3.05) is 44.9 Å². The molecule has 0 saturated carbocycles. The Balaban J connectivity index is 1.27. The van der Waals surface area contributed by atoms with Crippen molar-refractivity contribution in [3.63, 3.8) is 0 Å². The van der Waals surface area contributed by atoms with Gasteiger partial charge in [-0.25, -0.2) is 0 Å². The van der Waals surface area contributed by atoms with Crippen LogP contribution >= 0.6 is 11.6 Å².